The molecule has 0 N–H and O–H groups in total. The smallest absolute Gasteiger partial charge is 0.262 e. The van der Waals surface area contributed by atoms with Crippen molar-refractivity contribution in [2.24, 2.45) is 0 Å². The molecule has 0 aliphatic rings. The Bertz CT molecular complexity index is 1150. The maximum Gasteiger partial charge on any atom is 0.262 e. The van der Waals surface area contributed by atoms with Crippen molar-refractivity contribution in [2.45, 2.75) is 13.0 Å². The van der Waals surface area contributed by atoms with Crippen LogP contribution in [0.5, 0.6) is 23.0 Å². The lowest BCUT2D eigenvalue weighted by molar-refractivity contribution is 0.354. The number of hydrogen-bond acceptors (Lipinski definition) is 7. The van der Waals surface area contributed by atoms with Gasteiger partial charge in [0.05, 0.1) is 39.3 Å². The number of nitriles is 1. The molecule has 1 heterocycles. The highest BCUT2D eigenvalue weighted by Gasteiger charge is 2.15. The van der Waals surface area contributed by atoms with Crippen molar-refractivity contribution in [3.63, 3.8) is 0 Å². The molecule has 0 spiro atoms. The lowest BCUT2D eigenvalue weighted by atomic mass is 10.1. The molecule has 0 saturated carbocycles. The maximum absolute atomic E-state index is 13.1. The summed E-state index contributed by atoms with van der Waals surface area (Å²) in [5.41, 5.74) is 1.00. The number of aromatic nitrogens is 2. The van der Waals surface area contributed by atoms with Gasteiger partial charge in [0.1, 0.15) is 6.07 Å². The summed E-state index contributed by atoms with van der Waals surface area (Å²) < 4.78 is 22.5. The van der Waals surface area contributed by atoms with E-state index in [0.717, 1.165) is 5.56 Å². The summed E-state index contributed by atoms with van der Waals surface area (Å²) in [5.74, 6) is 2.13. The van der Waals surface area contributed by atoms with Gasteiger partial charge in [-0.3, -0.25) is 9.36 Å². The third kappa shape index (κ3) is 3.80. The van der Waals surface area contributed by atoms with Gasteiger partial charge in [-0.05, 0) is 30.2 Å². The molecule has 0 aliphatic carbocycles. The topological polar surface area (TPSA) is 95.6 Å². The second-order valence-corrected chi connectivity index (χ2v) is 6.17. The Morgan fingerprint density at radius 1 is 0.931 bits per heavy atom. The fourth-order valence-corrected chi connectivity index (χ4v) is 3.12. The lowest BCUT2D eigenvalue weighted by Gasteiger charge is -2.13. The van der Waals surface area contributed by atoms with E-state index < -0.39 is 0 Å². The molecule has 3 aromatic rings. The zero-order valence-corrected chi connectivity index (χ0v) is 16.7. The summed E-state index contributed by atoms with van der Waals surface area (Å²) in [5, 5.41) is 9.87. The van der Waals surface area contributed by atoms with Crippen LogP contribution in [-0.2, 0) is 13.0 Å². The second kappa shape index (κ2) is 8.52. The van der Waals surface area contributed by atoms with Gasteiger partial charge in [0.2, 0.25) is 5.82 Å². The van der Waals surface area contributed by atoms with E-state index >= 15 is 0 Å². The molecule has 0 amide bonds. The van der Waals surface area contributed by atoms with Crippen LogP contribution >= 0.6 is 0 Å². The van der Waals surface area contributed by atoms with E-state index in [1.165, 1.54) is 18.8 Å². The normalized spacial score (nSPS) is 10.4. The Balaban J connectivity index is 2.02. The number of fused-ring (bicyclic) bond motifs is 1. The first-order valence-electron chi connectivity index (χ1n) is 8.83. The van der Waals surface area contributed by atoms with Crippen LogP contribution in [-0.4, -0.2) is 38.0 Å². The van der Waals surface area contributed by atoms with Crippen LogP contribution in [0.25, 0.3) is 10.9 Å². The van der Waals surface area contributed by atoms with Gasteiger partial charge in [-0.1, -0.05) is 6.07 Å². The van der Waals surface area contributed by atoms with E-state index in [-0.39, 0.29) is 17.9 Å². The summed E-state index contributed by atoms with van der Waals surface area (Å²) in [7, 11) is 6.13. The number of hydrogen-bond donors (Lipinski definition) is 0. The Morgan fingerprint density at radius 2 is 1.55 bits per heavy atom. The van der Waals surface area contributed by atoms with Crippen molar-refractivity contribution >= 4 is 10.9 Å². The molecule has 3 rings (SSSR count). The molecule has 0 radical (unpaired) electrons. The number of benzene rings is 2. The van der Waals surface area contributed by atoms with Crippen LogP contribution in [0.2, 0.25) is 0 Å². The van der Waals surface area contributed by atoms with Crippen LogP contribution in [0.4, 0.5) is 0 Å². The molecular formula is C21H21N3O5. The fourth-order valence-electron chi connectivity index (χ4n) is 3.12. The van der Waals surface area contributed by atoms with E-state index in [1.807, 2.05) is 18.2 Å². The van der Waals surface area contributed by atoms with Crippen molar-refractivity contribution in [3.05, 3.63) is 52.1 Å². The first kappa shape index (κ1) is 20.0. The monoisotopic (exact) mass is 395 g/mol. The predicted molar refractivity (Wildman–Crippen MR) is 107 cm³/mol. The van der Waals surface area contributed by atoms with E-state index in [0.29, 0.717) is 40.3 Å². The Kier molecular flexibility index (Phi) is 5.88. The van der Waals surface area contributed by atoms with Crippen molar-refractivity contribution in [3.8, 4) is 29.1 Å². The van der Waals surface area contributed by atoms with Crippen molar-refractivity contribution in [1.82, 2.24) is 9.55 Å². The number of ether oxygens (including phenoxy) is 4. The van der Waals surface area contributed by atoms with Crippen LogP contribution in [0.1, 0.15) is 11.4 Å². The molecule has 0 unspecified atom stereocenters. The minimum atomic E-state index is -0.312. The Hall–Kier alpha value is -3.73. The lowest BCUT2D eigenvalue weighted by Crippen LogP contribution is -2.25. The molecule has 8 heteroatoms. The molecule has 0 fully saturated rings. The Morgan fingerprint density at radius 3 is 2.17 bits per heavy atom. The van der Waals surface area contributed by atoms with Crippen LogP contribution < -0.4 is 24.5 Å². The average molecular weight is 395 g/mol. The maximum atomic E-state index is 13.1. The van der Waals surface area contributed by atoms with Gasteiger partial charge in [-0.15, -0.1) is 0 Å². The highest BCUT2D eigenvalue weighted by Crippen LogP contribution is 2.30. The van der Waals surface area contributed by atoms with Crippen LogP contribution in [0, 0.1) is 11.3 Å². The zero-order chi connectivity index (χ0) is 21.0. The van der Waals surface area contributed by atoms with Crippen molar-refractivity contribution < 1.29 is 18.9 Å². The van der Waals surface area contributed by atoms with E-state index in [4.69, 9.17) is 18.9 Å². The van der Waals surface area contributed by atoms with Crippen molar-refractivity contribution in [2.75, 3.05) is 28.4 Å². The summed E-state index contributed by atoms with van der Waals surface area (Å²) >= 11 is 0. The Labute approximate surface area is 167 Å². The SMILES string of the molecule is COc1ccc(CCn2c(C#N)nc3cc(OC)c(OC)cc3c2=O)cc1OC. The van der Waals surface area contributed by atoms with Crippen molar-refractivity contribution in [1.29, 1.82) is 5.26 Å². The van der Waals surface area contributed by atoms with Gasteiger partial charge < -0.3 is 18.9 Å². The minimum absolute atomic E-state index is 0.0372. The van der Waals surface area contributed by atoms with Gasteiger partial charge in [0.25, 0.3) is 5.56 Å². The quantitative estimate of drug-likeness (QED) is 0.607. The van der Waals surface area contributed by atoms with E-state index in [1.54, 1.807) is 32.4 Å². The first-order chi connectivity index (χ1) is 14.1. The molecule has 8 nitrogen and oxygen atoms in total. The molecule has 0 aliphatic heterocycles. The number of methoxy groups -OCH3 is 4. The van der Waals surface area contributed by atoms with Gasteiger partial charge in [0.15, 0.2) is 23.0 Å². The van der Waals surface area contributed by atoms with Crippen LogP contribution in [0.15, 0.2) is 35.1 Å². The summed E-state index contributed by atoms with van der Waals surface area (Å²) in [6, 6.07) is 10.7. The molecule has 1 aromatic heterocycles. The van der Waals surface area contributed by atoms with Gasteiger partial charge in [-0.25, -0.2) is 4.98 Å². The standard InChI is InChI=1S/C21H21N3O5/c1-26-16-6-5-13(9-17(16)27-2)7-8-24-20(12-22)23-15-11-19(29-4)18(28-3)10-14(15)21(24)25/h5-6,9-11H,7-8H2,1-4H3. The molecule has 29 heavy (non-hydrogen) atoms. The fraction of sp³-hybridized carbons (Fsp3) is 0.286. The summed E-state index contributed by atoms with van der Waals surface area (Å²) in [6.07, 6.45) is 0.509. The van der Waals surface area contributed by atoms with Gasteiger partial charge in [-0.2, -0.15) is 5.26 Å². The molecular weight excluding hydrogens is 374 g/mol. The highest BCUT2D eigenvalue weighted by molar-refractivity contribution is 5.82. The predicted octanol–water partition coefficient (Wildman–Crippen LogP) is 2.55. The third-order valence-corrected chi connectivity index (χ3v) is 4.63. The third-order valence-electron chi connectivity index (χ3n) is 4.63. The summed E-state index contributed by atoms with van der Waals surface area (Å²) in [6.45, 7) is 0.286. The second-order valence-electron chi connectivity index (χ2n) is 6.17. The molecule has 2 aromatic carbocycles. The van der Waals surface area contributed by atoms with Gasteiger partial charge in [0, 0.05) is 12.6 Å². The minimum Gasteiger partial charge on any atom is -0.493 e. The largest absolute Gasteiger partial charge is 0.493 e. The molecule has 150 valence electrons. The van der Waals surface area contributed by atoms with E-state index in [9.17, 15) is 10.1 Å². The molecule has 0 bridgehead atoms. The highest BCUT2D eigenvalue weighted by atomic mass is 16.5. The number of aryl methyl sites for hydroxylation is 1. The molecule has 0 atom stereocenters. The van der Waals surface area contributed by atoms with Crippen LogP contribution in [0.3, 0.4) is 0 Å². The zero-order valence-electron chi connectivity index (χ0n) is 16.7. The number of nitrogens with zero attached hydrogens (tertiary/aromatic N) is 3. The summed E-state index contributed by atoms with van der Waals surface area (Å²) in [4.78, 5) is 17.4. The molecule has 0 saturated heterocycles. The first-order valence-corrected chi connectivity index (χ1v) is 8.83. The number of rotatable bonds is 7. The van der Waals surface area contributed by atoms with Gasteiger partial charge >= 0.3 is 0 Å². The average Bonchev–Trinajstić information content (AvgIpc) is 2.76. The van der Waals surface area contributed by atoms with E-state index in [2.05, 4.69) is 4.98 Å².